The number of carbonyl (C=O) groups is 1. The van der Waals surface area contributed by atoms with Gasteiger partial charge in [0.25, 0.3) is 0 Å². The Hall–Kier alpha value is -2.60. The molecule has 0 radical (unpaired) electrons. The lowest BCUT2D eigenvalue weighted by Crippen LogP contribution is -2.31. The van der Waals surface area contributed by atoms with Crippen LogP contribution in [0.3, 0.4) is 0 Å². The molecule has 0 spiro atoms. The van der Waals surface area contributed by atoms with Crippen LogP contribution in [0.25, 0.3) is 10.6 Å². The van der Waals surface area contributed by atoms with E-state index in [1.807, 2.05) is 24.4 Å². The summed E-state index contributed by atoms with van der Waals surface area (Å²) in [6.45, 7) is 1.92. The van der Waals surface area contributed by atoms with Crippen LogP contribution in [0, 0.1) is 5.82 Å². The molecule has 1 amide bonds. The molecule has 1 unspecified atom stereocenters. The molecule has 2 aromatic heterocycles. The van der Waals surface area contributed by atoms with Gasteiger partial charge in [0.1, 0.15) is 10.8 Å². The highest BCUT2D eigenvalue weighted by Gasteiger charge is 2.19. The van der Waals surface area contributed by atoms with Crippen LogP contribution in [-0.2, 0) is 11.2 Å². The van der Waals surface area contributed by atoms with Gasteiger partial charge in [-0.1, -0.05) is 12.1 Å². The van der Waals surface area contributed by atoms with Crippen LogP contribution in [0.2, 0.25) is 0 Å². The number of hydrogen-bond donors (Lipinski definition) is 0. The third-order valence-electron chi connectivity index (χ3n) is 4.12. The molecule has 0 bridgehead atoms. The zero-order valence-corrected chi connectivity index (χ0v) is 14.8. The molecule has 0 fully saturated rings. The average molecular weight is 355 g/mol. The summed E-state index contributed by atoms with van der Waals surface area (Å²) in [6, 6.07) is 9.89. The molecule has 25 heavy (non-hydrogen) atoms. The predicted molar refractivity (Wildman–Crippen MR) is 96.6 cm³/mol. The van der Waals surface area contributed by atoms with Gasteiger partial charge in [-0.15, -0.1) is 11.3 Å². The summed E-state index contributed by atoms with van der Waals surface area (Å²) < 4.78 is 13.0. The summed E-state index contributed by atoms with van der Waals surface area (Å²) in [5.74, 6) is -0.310. The Morgan fingerprint density at radius 1 is 1.28 bits per heavy atom. The highest BCUT2D eigenvalue weighted by molar-refractivity contribution is 7.13. The van der Waals surface area contributed by atoms with Gasteiger partial charge >= 0.3 is 0 Å². The van der Waals surface area contributed by atoms with Crippen molar-refractivity contribution in [1.29, 1.82) is 0 Å². The minimum absolute atomic E-state index is 0.0279. The zero-order chi connectivity index (χ0) is 17.8. The molecule has 0 aliphatic carbocycles. The monoisotopic (exact) mass is 355 g/mol. The van der Waals surface area contributed by atoms with Crippen molar-refractivity contribution in [2.75, 3.05) is 7.05 Å². The number of aromatic nitrogens is 2. The minimum atomic E-state index is -0.282. The van der Waals surface area contributed by atoms with Gasteiger partial charge in [-0.2, -0.15) is 0 Å². The normalized spacial score (nSPS) is 12.0. The first-order valence-corrected chi connectivity index (χ1v) is 8.78. The summed E-state index contributed by atoms with van der Waals surface area (Å²) in [6.07, 6.45) is 3.71. The van der Waals surface area contributed by atoms with Gasteiger partial charge in [-0.25, -0.2) is 9.37 Å². The van der Waals surface area contributed by atoms with Gasteiger partial charge < -0.3 is 4.90 Å². The lowest BCUT2D eigenvalue weighted by molar-refractivity contribution is -0.131. The van der Waals surface area contributed by atoms with Gasteiger partial charge in [-0.05, 0) is 36.8 Å². The second kappa shape index (κ2) is 7.53. The molecule has 0 saturated heterocycles. The first kappa shape index (κ1) is 17.2. The Bertz CT molecular complexity index is 849. The summed E-state index contributed by atoms with van der Waals surface area (Å²) in [5, 5.41) is 2.75. The smallest absolute Gasteiger partial charge is 0.228 e. The maximum Gasteiger partial charge on any atom is 0.228 e. The molecule has 0 saturated carbocycles. The zero-order valence-electron chi connectivity index (χ0n) is 14.0. The van der Waals surface area contributed by atoms with Crippen LogP contribution in [0.15, 0.2) is 54.2 Å². The number of amides is 1. The molecule has 128 valence electrons. The highest BCUT2D eigenvalue weighted by atomic mass is 32.1. The SMILES string of the molecule is CC(c1ccc(F)cc1)N(C)C(=O)Cc1csc(-c2cccnc2)n1. The van der Waals surface area contributed by atoms with Crippen molar-refractivity contribution in [1.82, 2.24) is 14.9 Å². The standard InChI is InChI=1S/C19H18FN3OS/c1-13(14-5-7-16(20)8-6-14)23(2)18(24)10-17-12-25-19(22-17)15-4-3-9-21-11-15/h3-9,11-13H,10H2,1-2H3. The molecule has 3 aromatic rings. The van der Waals surface area contributed by atoms with Crippen molar-refractivity contribution in [3.8, 4) is 10.6 Å². The van der Waals surface area contributed by atoms with Crippen molar-refractivity contribution in [3.63, 3.8) is 0 Å². The number of likely N-dealkylation sites (N-methyl/N-ethyl adjacent to an activating group) is 1. The number of halogens is 1. The van der Waals surface area contributed by atoms with E-state index in [2.05, 4.69) is 9.97 Å². The number of benzene rings is 1. The van der Waals surface area contributed by atoms with Crippen molar-refractivity contribution in [3.05, 3.63) is 71.2 Å². The molecule has 0 aliphatic rings. The lowest BCUT2D eigenvalue weighted by Gasteiger charge is -2.25. The summed E-state index contributed by atoms with van der Waals surface area (Å²) in [7, 11) is 1.75. The minimum Gasteiger partial charge on any atom is -0.339 e. The number of thiazole rings is 1. The van der Waals surface area contributed by atoms with E-state index in [0.29, 0.717) is 0 Å². The fraction of sp³-hybridized carbons (Fsp3) is 0.211. The van der Waals surface area contributed by atoms with E-state index in [9.17, 15) is 9.18 Å². The maximum atomic E-state index is 13.0. The third kappa shape index (κ3) is 4.09. The summed E-state index contributed by atoms with van der Waals surface area (Å²) in [4.78, 5) is 22.8. The fourth-order valence-corrected chi connectivity index (χ4v) is 3.28. The Labute approximate surface area is 150 Å². The van der Waals surface area contributed by atoms with Crippen LogP contribution in [0.4, 0.5) is 4.39 Å². The van der Waals surface area contributed by atoms with Gasteiger partial charge in [-0.3, -0.25) is 9.78 Å². The van der Waals surface area contributed by atoms with E-state index in [0.717, 1.165) is 21.8 Å². The Morgan fingerprint density at radius 3 is 2.72 bits per heavy atom. The number of carbonyl (C=O) groups excluding carboxylic acids is 1. The van der Waals surface area contributed by atoms with Crippen LogP contribution < -0.4 is 0 Å². The Balaban J connectivity index is 1.67. The quantitative estimate of drug-likeness (QED) is 0.692. The molecule has 3 rings (SSSR count). The lowest BCUT2D eigenvalue weighted by atomic mass is 10.1. The van der Waals surface area contributed by atoms with E-state index >= 15 is 0 Å². The Kier molecular flexibility index (Phi) is 5.19. The molecule has 1 aromatic carbocycles. The highest BCUT2D eigenvalue weighted by Crippen LogP contribution is 2.24. The first-order valence-electron chi connectivity index (χ1n) is 7.90. The number of rotatable bonds is 5. The molecular formula is C19H18FN3OS. The molecule has 1 atom stereocenters. The summed E-state index contributed by atoms with van der Waals surface area (Å²) in [5.41, 5.74) is 2.58. The molecule has 0 N–H and O–H groups in total. The predicted octanol–water partition coefficient (Wildman–Crippen LogP) is 4.11. The molecule has 2 heterocycles. The van der Waals surface area contributed by atoms with E-state index in [-0.39, 0.29) is 24.2 Å². The number of hydrogen-bond acceptors (Lipinski definition) is 4. The van der Waals surface area contributed by atoms with Crippen molar-refractivity contribution in [2.24, 2.45) is 0 Å². The van der Waals surface area contributed by atoms with Crippen LogP contribution in [0.1, 0.15) is 24.2 Å². The van der Waals surface area contributed by atoms with E-state index in [1.54, 1.807) is 36.5 Å². The van der Waals surface area contributed by atoms with Gasteiger partial charge in [0, 0.05) is 30.4 Å². The van der Waals surface area contributed by atoms with Crippen molar-refractivity contribution < 1.29 is 9.18 Å². The van der Waals surface area contributed by atoms with Crippen molar-refractivity contribution >= 4 is 17.2 Å². The van der Waals surface area contributed by atoms with E-state index in [1.165, 1.54) is 23.5 Å². The average Bonchev–Trinajstić information content (AvgIpc) is 3.10. The number of pyridine rings is 1. The van der Waals surface area contributed by atoms with Crippen molar-refractivity contribution in [2.45, 2.75) is 19.4 Å². The topological polar surface area (TPSA) is 46.1 Å². The van der Waals surface area contributed by atoms with E-state index in [4.69, 9.17) is 0 Å². The molecular weight excluding hydrogens is 337 g/mol. The second-order valence-corrected chi connectivity index (χ2v) is 6.65. The summed E-state index contributed by atoms with van der Waals surface area (Å²) >= 11 is 1.50. The maximum absolute atomic E-state index is 13.0. The molecule has 0 aliphatic heterocycles. The molecule has 6 heteroatoms. The third-order valence-corrected chi connectivity index (χ3v) is 5.06. The van der Waals surface area contributed by atoms with Gasteiger partial charge in [0.2, 0.25) is 5.91 Å². The number of nitrogens with zero attached hydrogens (tertiary/aromatic N) is 3. The van der Waals surface area contributed by atoms with Gasteiger partial charge in [0.15, 0.2) is 0 Å². The largest absolute Gasteiger partial charge is 0.339 e. The first-order chi connectivity index (χ1) is 12.0. The van der Waals surface area contributed by atoms with Crippen LogP contribution in [0.5, 0.6) is 0 Å². The second-order valence-electron chi connectivity index (χ2n) is 5.79. The van der Waals surface area contributed by atoms with Gasteiger partial charge in [0.05, 0.1) is 18.2 Å². The van der Waals surface area contributed by atoms with Crippen LogP contribution >= 0.6 is 11.3 Å². The van der Waals surface area contributed by atoms with E-state index < -0.39 is 0 Å². The fourth-order valence-electron chi connectivity index (χ4n) is 2.47. The van der Waals surface area contributed by atoms with Crippen LogP contribution in [-0.4, -0.2) is 27.8 Å². The molecule has 4 nitrogen and oxygen atoms in total. The Morgan fingerprint density at radius 2 is 2.04 bits per heavy atom.